The normalized spacial score (nSPS) is 12.2. The zero-order chi connectivity index (χ0) is 12.8. The number of nitrogens with one attached hydrogen (secondary N) is 2. The molecular formula is C12H21N3OS. The molecule has 0 aliphatic heterocycles. The lowest BCUT2D eigenvalue weighted by atomic mass is 10.1. The smallest absolute Gasteiger partial charge is 0.166 e. The number of thiocarbonyl (C=S) groups is 1. The molecule has 0 saturated carbocycles. The summed E-state index contributed by atoms with van der Waals surface area (Å²) in [4.78, 5) is 0. The van der Waals surface area contributed by atoms with Crippen molar-refractivity contribution < 1.29 is 4.52 Å². The van der Waals surface area contributed by atoms with Gasteiger partial charge in [0.2, 0.25) is 0 Å². The number of hydrogen-bond acceptors (Lipinski definition) is 3. The molecule has 0 radical (unpaired) electrons. The van der Waals surface area contributed by atoms with Gasteiger partial charge in [-0.05, 0) is 39.4 Å². The monoisotopic (exact) mass is 255 g/mol. The second kappa shape index (κ2) is 6.59. The Bertz CT molecular complexity index is 356. The minimum atomic E-state index is 0.114. The van der Waals surface area contributed by atoms with E-state index in [-0.39, 0.29) is 6.04 Å². The summed E-state index contributed by atoms with van der Waals surface area (Å²) in [6.45, 7) is 8.99. The molecule has 0 aromatic carbocycles. The average molecular weight is 255 g/mol. The molecule has 0 amide bonds. The van der Waals surface area contributed by atoms with Gasteiger partial charge in [-0.15, -0.1) is 0 Å². The van der Waals surface area contributed by atoms with Crippen LogP contribution in [0, 0.1) is 13.8 Å². The Morgan fingerprint density at radius 3 is 2.71 bits per heavy atom. The van der Waals surface area contributed by atoms with E-state index in [4.69, 9.17) is 16.7 Å². The van der Waals surface area contributed by atoms with Gasteiger partial charge in [-0.25, -0.2) is 0 Å². The van der Waals surface area contributed by atoms with Crippen LogP contribution < -0.4 is 10.6 Å². The molecular weight excluding hydrogens is 234 g/mol. The topological polar surface area (TPSA) is 50.1 Å². The molecule has 0 fully saturated rings. The first-order valence-corrected chi connectivity index (χ1v) is 6.44. The second-order valence-electron chi connectivity index (χ2n) is 4.21. The van der Waals surface area contributed by atoms with Crippen LogP contribution in [-0.2, 0) is 0 Å². The van der Waals surface area contributed by atoms with Crippen molar-refractivity contribution in [1.29, 1.82) is 0 Å². The highest BCUT2D eigenvalue weighted by molar-refractivity contribution is 7.80. The molecule has 0 bridgehead atoms. The van der Waals surface area contributed by atoms with Crippen LogP contribution in [0.3, 0.4) is 0 Å². The van der Waals surface area contributed by atoms with Gasteiger partial charge in [0, 0.05) is 12.1 Å². The summed E-state index contributed by atoms with van der Waals surface area (Å²) in [7, 11) is 0. The van der Waals surface area contributed by atoms with Crippen LogP contribution in [0.15, 0.2) is 4.52 Å². The number of unbranched alkanes of at least 4 members (excludes halogenated alkanes) is 1. The van der Waals surface area contributed by atoms with E-state index in [9.17, 15) is 0 Å². The fourth-order valence-electron chi connectivity index (χ4n) is 1.81. The van der Waals surface area contributed by atoms with E-state index >= 15 is 0 Å². The third-order valence-electron chi connectivity index (χ3n) is 2.69. The molecule has 4 nitrogen and oxygen atoms in total. The summed E-state index contributed by atoms with van der Waals surface area (Å²) in [5.74, 6) is 0.846. The molecule has 96 valence electrons. The van der Waals surface area contributed by atoms with Crippen molar-refractivity contribution in [2.45, 2.75) is 46.6 Å². The molecule has 2 N–H and O–H groups in total. The fraction of sp³-hybridized carbons (Fsp3) is 0.667. The lowest BCUT2D eigenvalue weighted by molar-refractivity contribution is 0.391. The maximum Gasteiger partial charge on any atom is 0.166 e. The number of rotatable bonds is 5. The summed E-state index contributed by atoms with van der Waals surface area (Å²) < 4.78 is 5.14. The lowest BCUT2D eigenvalue weighted by Crippen LogP contribution is -2.37. The largest absolute Gasteiger partial charge is 0.363 e. The zero-order valence-electron chi connectivity index (χ0n) is 11.0. The van der Waals surface area contributed by atoms with Crippen LogP contribution in [-0.4, -0.2) is 16.8 Å². The quantitative estimate of drug-likeness (QED) is 0.625. The summed E-state index contributed by atoms with van der Waals surface area (Å²) >= 11 is 5.23. The van der Waals surface area contributed by atoms with Gasteiger partial charge in [-0.1, -0.05) is 18.5 Å². The average Bonchev–Trinajstić information content (AvgIpc) is 2.58. The van der Waals surface area contributed by atoms with E-state index in [0.29, 0.717) is 5.11 Å². The summed E-state index contributed by atoms with van der Waals surface area (Å²) in [5.41, 5.74) is 2.00. The highest BCUT2D eigenvalue weighted by atomic mass is 32.1. The van der Waals surface area contributed by atoms with Gasteiger partial charge in [-0.2, -0.15) is 0 Å². The van der Waals surface area contributed by atoms with E-state index in [2.05, 4.69) is 29.6 Å². The van der Waals surface area contributed by atoms with Crippen LogP contribution in [0.25, 0.3) is 0 Å². The Kier molecular flexibility index (Phi) is 5.41. The second-order valence-corrected chi connectivity index (χ2v) is 4.62. The molecule has 1 aromatic rings. The van der Waals surface area contributed by atoms with Crippen molar-refractivity contribution in [3.63, 3.8) is 0 Å². The summed E-state index contributed by atoms with van der Waals surface area (Å²) in [6.07, 6.45) is 2.29. The first-order valence-electron chi connectivity index (χ1n) is 6.03. The first-order chi connectivity index (χ1) is 8.06. The molecule has 17 heavy (non-hydrogen) atoms. The van der Waals surface area contributed by atoms with Crippen molar-refractivity contribution in [3.8, 4) is 0 Å². The van der Waals surface area contributed by atoms with E-state index in [1.165, 1.54) is 0 Å². The van der Waals surface area contributed by atoms with Gasteiger partial charge in [0.1, 0.15) is 5.76 Å². The number of hydrogen-bond donors (Lipinski definition) is 2. The van der Waals surface area contributed by atoms with Gasteiger partial charge in [0.15, 0.2) is 5.11 Å². The van der Waals surface area contributed by atoms with Crippen LogP contribution >= 0.6 is 12.2 Å². The predicted octanol–water partition coefficient (Wildman–Crippen LogP) is 2.62. The zero-order valence-corrected chi connectivity index (χ0v) is 11.8. The standard InChI is InChI=1S/C12H21N3OS/c1-5-6-7-13-12(17)14-8(2)11-9(3)15-16-10(11)4/h8H,5-7H2,1-4H3,(H2,13,14,17). The van der Waals surface area contributed by atoms with Crippen molar-refractivity contribution >= 4 is 17.3 Å². The number of nitrogens with zero attached hydrogens (tertiary/aromatic N) is 1. The van der Waals surface area contributed by atoms with Crippen molar-refractivity contribution in [3.05, 3.63) is 17.0 Å². The van der Waals surface area contributed by atoms with Crippen LogP contribution in [0.4, 0.5) is 0 Å². The molecule has 0 aliphatic carbocycles. The number of aryl methyl sites for hydroxylation is 2. The van der Waals surface area contributed by atoms with Gasteiger partial charge in [0.25, 0.3) is 0 Å². The fourth-order valence-corrected chi connectivity index (χ4v) is 2.09. The molecule has 5 heteroatoms. The van der Waals surface area contributed by atoms with Crippen LogP contribution in [0.2, 0.25) is 0 Å². The van der Waals surface area contributed by atoms with E-state index in [1.54, 1.807) is 0 Å². The van der Waals surface area contributed by atoms with Crippen LogP contribution in [0.1, 0.15) is 49.7 Å². The van der Waals surface area contributed by atoms with Crippen molar-refractivity contribution in [1.82, 2.24) is 15.8 Å². The third-order valence-corrected chi connectivity index (χ3v) is 2.95. The van der Waals surface area contributed by atoms with Crippen molar-refractivity contribution in [2.24, 2.45) is 0 Å². The minimum absolute atomic E-state index is 0.114. The Hall–Kier alpha value is -1.10. The molecule has 1 heterocycles. The highest BCUT2D eigenvalue weighted by Crippen LogP contribution is 2.20. The maximum atomic E-state index is 5.23. The Labute approximate surface area is 108 Å². The third kappa shape index (κ3) is 4.00. The van der Waals surface area contributed by atoms with Gasteiger partial charge in [0.05, 0.1) is 11.7 Å². The van der Waals surface area contributed by atoms with E-state index in [0.717, 1.165) is 36.4 Å². The minimum Gasteiger partial charge on any atom is -0.363 e. The molecule has 0 saturated heterocycles. The Morgan fingerprint density at radius 1 is 1.47 bits per heavy atom. The van der Waals surface area contributed by atoms with Gasteiger partial charge >= 0.3 is 0 Å². The molecule has 1 atom stereocenters. The molecule has 0 aliphatic rings. The maximum absolute atomic E-state index is 5.23. The summed E-state index contributed by atoms with van der Waals surface area (Å²) in [6, 6.07) is 0.114. The van der Waals surface area contributed by atoms with Crippen molar-refractivity contribution in [2.75, 3.05) is 6.54 Å². The SMILES string of the molecule is CCCCNC(=S)NC(C)c1c(C)noc1C. The molecule has 1 aromatic heterocycles. The highest BCUT2D eigenvalue weighted by Gasteiger charge is 2.16. The van der Waals surface area contributed by atoms with E-state index in [1.807, 2.05) is 13.8 Å². The van der Waals surface area contributed by atoms with Gasteiger partial charge in [-0.3, -0.25) is 0 Å². The van der Waals surface area contributed by atoms with Crippen LogP contribution in [0.5, 0.6) is 0 Å². The number of aromatic nitrogens is 1. The molecule has 0 spiro atoms. The first kappa shape index (κ1) is 14.0. The van der Waals surface area contributed by atoms with Gasteiger partial charge < -0.3 is 15.2 Å². The lowest BCUT2D eigenvalue weighted by Gasteiger charge is -2.16. The summed E-state index contributed by atoms with van der Waals surface area (Å²) in [5, 5.41) is 11.1. The predicted molar refractivity (Wildman–Crippen MR) is 73.0 cm³/mol. The molecule has 1 unspecified atom stereocenters. The Morgan fingerprint density at radius 2 is 2.18 bits per heavy atom. The van der Waals surface area contributed by atoms with E-state index < -0.39 is 0 Å². The Balaban J connectivity index is 2.49. The molecule has 1 rings (SSSR count).